The molecule has 2 saturated carbocycles. The van der Waals surface area contributed by atoms with Crippen molar-refractivity contribution in [1.29, 1.82) is 0 Å². The van der Waals surface area contributed by atoms with Gasteiger partial charge >= 0.3 is 0 Å². The van der Waals surface area contributed by atoms with Gasteiger partial charge in [0.1, 0.15) is 41.1 Å². The third-order valence-electron chi connectivity index (χ3n) is 10.5. The van der Waals surface area contributed by atoms with Crippen LogP contribution in [-0.4, -0.2) is 83.6 Å². The fourth-order valence-corrected chi connectivity index (χ4v) is 9.35. The van der Waals surface area contributed by atoms with Crippen molar-refractivity contribution in [3.8, 4) is 22.9 Å². The summed E-state index contributed by atoms with van der Waals surface area (Å²) in [5.74, 6) is -3.46. The average Bonchev–Trinajstić information content (AvgIpc) is 4.04. The van der Waals surface area contributed by atoms with Gasteiger partial charge in [0.2, 0.25) is 27.7 Å². The zero-order valence-corrected chi connectivity index (χ0v) is 33.9. The van der Waals surface area contributed by atoms with Crippen LogP contribution < -0.4 is 24.8 Å². The number of sulfonamides is 1. The highest BCUT2D eigenvalue weighted by Gasteiger charge is 2.62. The van der Waals surface area contributed by atoms with E-state index in [0.29, 0.717) is 34.4 Å². The highest BCUT2D eigenvalue weighted by Crippen LogP contribution is 2.46. The predicted molar refractivity (Wildman–Crippen MR) is 211 cm³/mol. The summed E-state index contributed by atoms with van der Waals surface area (Å²) in [6.07, 6.45) is 3.16. The van der Waals surface area contributed by atoms with Gasteiger partial charge in [0.15, 0.2) is 5.13 Å². The maximum atomic E-state index is 14.8. The van der Waals surface area contributed by atoms with Crippen molar-refractivity contribution in [2.24, 2.45) is 11.3 Å². The van der Waals surface area contributed by atoms with Crippen LogP contribution in [-0.2, 0) is 24.4 Å². The molecule has 57 heavy (non-hydrogen) atoms. The third kappa shape index (κ3) is 8.14. The van der Waals surface area contributed by atoms with E-state index in [0.717, 1.165) is 23.5 Å². The van der Waals surface area contributed by atoms with Crippen molar-refractivity contribution in [3.05, 3.63) is 77.3 Å². The second-order valence-corrected chi connectivity index (χ2v) is 18.8. The average molecular weight is 843 g/mol. The Morgan fingerprint density at radius 2 is 1.89 bits per heavy atom. The molecular weight excluding hydrogens is 802 g/mol. The molecule has 7 rings (SSSR count). The summed E-state index contributed by atoms with van der Waals surface area (Å²) in [5.41, 5.74) is -2.05. The summed E-state index contributed by atoms with van der Waals surface area (Å²) in [4.78, 5) is 53.1. The van der Waals surface area contributed by atoms with Gasteiger partial charge < -0.3 is 25.0 Å². The van der Waals surface area contributed by atoms with E-state index in [1.165, 1.54) is 30.3 Å². The fourth-order valence-electron chi connectivity index (χ4n) is 7.07. The van der Waals surface area contributed by atoms with Crippen LogP contribution in [0.3, 0.4) is 0 Å². The highest BCUT2D eigenvalue weighted by molar-refractivity contribution is 7.91. The number of rotatable bonds is 13. The number of hydrogen-bond acceptors (Lipinski definition) is 11. The molecule has 1 saturated heterocycles. The Hall–Kier alpha value is -4.87. The number of amides is 3. The molecule has 2 aromatic carbocycles. The summed E-state index contributed by atoms with van der Waals surface area (Å²) in [7, 11) is -2.43. The molecule has 2 aliphatic carbocycles. The van der Waals surface area contributed by atoms with E-state index < -0.39 is 79.7 Å². The molecule has 13 nitrogen and oxygen atoms in total. The van der Waals surface area contributed by atoms with Crippen molar-refractivity contribution in [3.63, 3.8) is 0 Å². The fraction of sp³-hybridized carbons (Fsp3) is 0.410. The number of anilines is 1. The second kappa shape index (κ2) is 15.1. The van der Waals surface area contributed by atoms with Crippen molar-refractivity contribution in [2.45, 2.75) is 75.4 Å². The van der Waals surface area contributed by atoms with Crippen molar-refractivity contribution < 1.29 is 41.1 Å². The Balaban J connectivity index is 1.19. The number of benzene rings is 2. The lowest BCUT2D eigenvalue weighted by Gasteiger charge is -2.35. The first-order valence-electron chi connectivity index (χ1n) is 18.2. The van der Waals surface area contributed by atoms with Crippen LogP contribution in [0.5, 0.6) is 11.6 Å². The Morgan fingerprint density at radius 3 is 2.54 bits per heavy atom. The molecule has 4 aromatic rings. The molecule has 302 valence electrons. The number of halogens is 3. The lowest BCUT2D eigenvalue weighted by molar-refractivity contribution is -0.141. The number of methoxy groups -OCH3 is 1. The number of carbonyl (C=O) groups is 3. The Morgan fingerprint density at radius 1 is 1.14 bits per heavy atom. The molecule has 3 N–H and O–H groups in total. The smallest absolute Gasteiger partial charge is 0.259 e. The molecule has 0 bridgehead atoms. The number of hydrogen-bond donors (Lipinski definition) is 3. The normalized spacial score (nSPS) is 22.4. The Labute approximate surface area is 337 Å². The van der Waals surface area contributed by atoms with Crippen LogP contribution in [0.25, 0.3) is 22.0 Å². The van der Waals surface area contributed by atoms with Crippen LogP contribution in [0.1, 0.15) is 46.5 Å². The van der Waals surface area contributed by atoms with Crippen LogP contribution in [0.4, 0.5) is 13.9 Å². The number of fused-ring (bicyclic) bond motifs is 1. The predicted octanol–water partition coefficient (Wildman–Crippen LogP) is 5.84. The van der Waals surface area contributed by atoms with Gasteiger partial charge in [0.05, 0.1) is 30.8 Å². The first-order valence-corrected chi connectivity index (χ1v) is 21.0. The SMILES string of the molecule is C=C[C@@H]1C[C@]1(NC(=O)[C@@H]1C[C@@H](Oc2ncc(OC)c3ccc(Cl)cc23)CN1C(=O)[C@@H](Nc1nc(-c2ccc(F)cc2F)cs1)C(C)(C)C)C(=O)NS(=O)(=O)C1CC1. The van der Waals surface area contributed by atoms with Gasteiger partial charge in [-0.15, -0.1) is 17.9 Å². The monoisotopic (exact) mass is 842 g/mol. The summed E-state index contributed by atoms with van der Waals surface area (Å²) in [5, 5.41) is 8.80. The van der Waals surface area contributed by atoms with E-state index in [4.69, 9.17) is 21.1 Å². The number of carbonyl (C=O) groups excluding carboxylic acids is 3. The number of ether oxygens (including phenoxy) is 2. The van der Waals surface area contributed by atoms with E-state index in [1.807, 2.05) is 20.8 Å². The Bertz CT molecular complexity index is 2390. The zero-order valence-electron chi connectivity index (χ0n) is 31.5. The third-order valence-corrected chi connectivity index (χ3v) is 13.3. The molecule has 0 radical (unpaired) electrons. The molecule has 3 heterocycles. The van der Waals surface area contributed by atoms with Gasteiger partial charge in [0.25, 0.3) is 5.91 Å². The largest absolute Gasteiger partial charge is 0.494 e. The van der Waals surface area contributed by atoms with Gasteiger partial charge in [-0.3, -0.25) is 19.1 Å². The van der Waals surface area contributed by atoms with E-state index in [2.05, 4.69) is 31.9 Å². The quantitative estimate of drug-likeness (QED) is 0.139. The summed E-state index contributed by atoms with van der Waals surface area (Å²) < 4.78 is 67.8. The summed E-state index contributed by atoms with van der Waals surface area (Å²) in [6, 6.07) is 6.12. The van der Waals surface area contributed by atoms with Gasteiger partial charge in [-0.1, -0.05) is 38.4 Å². The molecule has 3 amide bonds. The number of thiazole rings is 1. The van der Waals surface area contributed by atoms with E-state index in [1.54, 1.807) is 23.6 Å². The highest BCUT2D eigenvalue weighted by atomic mass is 35.5. The minimum Gasteiger partial charge on any atom is -0.494 e. The molecular formula is C39H41ClF2N6O7S2. The molecule has 0 spiro atoms. The lowest BCUT2D eigenvalue weighted by atomic mass is 9.85. The van der Waals surface area contributed by atoms with Crippen LogP contribution in [0.2, 0.25) is 5.02 Å². The van der Waals surface area contributed by atoms with Crippen LogP contribution in [0.15, 0.2) is 60.6 Å². The minimum absolute atomic E-state index is 0.0216. The number of likely N-dealkylation sites (tertiary alicyclic amines) is 1. The maximum absolute atomic E-state index is 14.8. The molecule has 3 fully saturated rings. The van der Waals surface area contributed by atoms with Crippen LogP contribution >= 0.6 is 22.9 Å². The number of pyridine rings is 1. The van der Waals surface area contributed by atoms with Crippen molar-refractivity contribution >= 4 is 66.6 Å². The molecule has 3 aliphatic rings. The second-order valence-electron chi connectivity index (χ2n) is 15.6. The van der Waals surface area contributed by atoms with Gasteiger partial charge in [-0.2, -0.15) is 0 Å². The first kappa shape index (κ1) is 40.3. The minimum atomic E-state index is -3.93. The van der Waals surface area contributed by atoms with Gasteiger partial charge in [-0.05, 0) is 55.0 Å². The first-order chi connectivity index (χ1) is 26.9. The lowest BCUT2D eigenvalue weighted by Crippen LogP contribution is -2.58. The zero-order chi connectivity index (χ0) is 41.0. The molecule has 5 atom stereocenters. The standard InChI is InChI=1S/C39H41ClF2N6O7S2/c1-6-20-16-39(20,36(51)47-57(52,53)24-9-10-24)46-33(49)30-15-23(55-34-27-13-21(40)7-11-25(27)31(54-5)17-43-34)18-48(30)35(50)32(38(2,3)4)45-37-44-29(19-56-37)26-12-8-22(41)14-28(26)42/h6-8,11-14,17,19-20,23-24,30,32H,1,9-10,15-16,18H2,2-5H3,(H,44,45)(H,46,49)(H,47,51)/t20-,23-,30+,32-,39-/m1/s1. The summed E-state index contributed by atoms with van der Waals surface area (Å²) >= 11 is 7.47. The van der Waals surface area contributed by atoms with Crippen LogP contribution in [0, 0.1) is 23.0 Å². The maximum Gasteiger partial charge on any atom is 0.259 e. The topological polar surface area (TPSA) is 169 Å². The molecule has 2 aromatic heterocycles. The van der Waals surface area contributed by atoms with Gasteiger partial charge in [0, 0.05) is 45.1 Å². The Kier molecular flexibility index (Phi) is 10.7. The number of nitrogens with one attached hydrogen (secondary N) is 3. The van der Waals surface area contributed by atoms with Crippen molar-refractivity contribution in [2.75, 3.05) is 19.0 Å². The van der Waals surface area contributed by atoms with Crippen molar-refractivity contribution in [1.82, 2.24) is 24.9 Å². The van der Waals surface area contributed by atoms with E-state index in [9.17, 15) is 31.6 Å². The van der Waals surface area contributed by atoms with E-state index >= 15 is 0 Å². The number of aromatic nitrogens is 2. The van der Waals surface area contributed by atoms with Gasteiger partial charge in [-0.25, -0.2) is 27.2 Å². The molecule has 18 heteroatoms. The van der Waals surface area contributed by atoms with E-state index in [-0.39, 0.29) is 41.7 Å². The number of nitrogens with zero attached hydrogens (tertiary/aromatic N) is 3. The molecule has 0 unspecified atom stereocenters. The summed E-state index contributed by atoms with van der Waals surface area (Å²) in [6.45, 7) is 9.17. The molecule has 1 aliphatic heterocycles.